The number of nitrogen functional groups attached to an aromatic ring is 1. The molecule has 6 nitrogen and oxygen atoms in total. The summed E-state index contributed by atoms with van der Waals surface area (Å²) >= 11 is 0. The SMILES string of the molecule is Cc1nc2c(N)nc3nc2n1Cc1ccc(cc1)C/C=C\CCCCO3. The molecule has 0 atom stereocenters. The molecule has 0 unspecified atom stereocenters. The van der Waals surface area contributed by atoms with Crippen LogP contribution in [0.4, 0.5) is 5.82 Å². The Morgan fingerprint density at radius 2 is 1.81 bits per heavy atom. The molecule has 0 radical (unpaired) electrons. The minimum Gasteiger partial charge on any atom is -0.463 e. The highest BCUT2D eigenvalue weighted by Crippen LogP contribution is 2.23. The van der Waals surface area contributed by atoms with Gasteiger partial charge in [0.05, 0.1) is 13.2 Å². The van der Waals surface area contributed by atoms with Crippen molar-refractivity contribution in [1.29, 1.82) is 0 Å². The molecule has 0 aliphatic carbocycles. The van der Waals surface area contributed by atoms with Gasteiger partial charge in [-0.3, -0.25) is 0 Å². The normalized spacial score (nSPS) is 16.5. The second-order valence-corrected chi connectivity index (χ2v) is 6.65. The van der Waals surface area contributed by atoms with E-state index >= 15 is 0 Å². The van der Waals surface area contributed by atoms with E-state index in [0.717, 1.165) is 37.2 Å². The van der Waals surface area contributed by atoms with Crippen molar-refractivity contribution in [2.24, 2.45) is 0 Å². The number of ether oxygens (including phenoxy) is 1. The van der Waals surface area contributed by atoms with Crippen molar-refractivity contribution in [3.05, 3.63) is 53.4 Å². The molecular weight excluding hydrogens is 326 g/mol. The fourth-order valence-corrected chi connectivity index (χ4v) is 3.19. The van der Waals surface area contributed by atoms with E-state index in [1.807, 2.05) is 6.92 Å². The van der Waals surface area contributed by atoms with Crippen molar-refractivity contribution in [3.63, 3.8) is 0 Å². The molecule has 6 heteroatoms. The number of imidazole rings is 1. The van der Waals surface area contributed by atoms with E-state index in [-0.39, 0.29) is 0 Å². The number of hydrogen-bond donors (Lipinski definition) is 1. The summed E-state index contributed by atoms with van der Waals surface area (Å²) in [5.74, 6) is 1.23. The molecule has 0 fully saturated rings. The van der Waals surface area contributed by atoms with Crippen LogP contribution in [-0.2, 0) is 13.0 Å². The summed E-state index contributed by atoms with van der Waals surface area (Å²) in [6.45, 7) is 3.24. The number of allylic oxidation sites excluding steroid dienone is 2. The van der Waals surface area contributed by atoms with E-state index in [2.05, 4.69) is 55.9 Å². The van der Waals surface area contributed by atoms with Crippen LogP contribution in [0.15, 0.2) is 36.4 Å². The van der Waals surface area contributed by atoms with Gasteiger partial charge in [-0.1, -0.05) is 36.4 Å². The first kappa shape index (κ1) is 16.6. The predicted molar refractivity (Wildman–Crippen MR) is 102 cm³/mol. The largest absolute Gasteiger partial charge is 0.463 e. The van der Waals surface area contributed by atoms with Gasteiger partial charge in [-0.15, -0.1) is 0 Å². The van der Waals surface area contributed by atoms with Gasteiger partial charge in [0.2, 0.25) is 0 Å². The van der Waals surface area contributed by atoms with E-state index in [4.69, 9.17) is 10.5 Å². The Labute approximate surface area is 152 Å². The molecule has 2 aliphatic heterocycles. The number of rotatable bonds is 0. The fraction of sp³-hybridized carbons (Fsp3) is 0.350. The van der Waals surface area contributed by atoms with Crippen molar-refractivity contribution in [2.75, 3.05) is 12.3 Å². The third-order valence-corrected chi connectivity index (χ3v) is 4.67. The number of nitrogens with two attached hydrogens (primary N) is 1. The van der Waals surface area contributed by atoms with Crippen LogP contribution < -0.4 is 10.5 Å². The standard InChI is InChI=1S/C20H23N5O/c1-14-22-17-18(21)23-20-24-19(17)25(14)13-16-10-8-15(9-11-16)7-5-3-2-4-6-12-26-20/h3,5,8-11H,2,4,6-7,12-13H2,1H3,(H2,21,23,24)/b5-3-. The quantitative estimate of drug-likeness (QED) is 0.629. The van der Waals surface area contributed by atoms with E-state index in [1.54, 1.807) is 0 Å². The average molecular weight is 349 g/mol. The number of hydrogen-bond acceptors (Lipinski definition) is 5. The third kappa shape index (κ3) is 3.40. The van der Waals surface area contributed by atoms with Crippen molar-refractivity contribution < 1.29 is 4.74 Å². The molecule has 2 aliphatic rings. The summed E-state index contributed by atoms with van der Waals surface area (Å²) < 4.78 is 7.80. The van der Waals surface area contributed by atoms with Crippen molar-refractivity contribution in [2.45, 2.75) is 39.2 Å². The van der Waals surface area contributed by atoms with E-state index < -0.39 is 0 Å². The lowest BCUT2D eigenvalue weighted by molar-refractivity contribution is 0.285. The van der Waals surface area contributed by atoms with Gasteiger partial charge in [-0.05, 0) is 43.7 Å². The van der Waals surface area contributed by atoms with Gasteiger partial charge in [0.1, 0.15) is 5.82 Å². The fourth-order valence-electron chi connectivity index (χ4n) is 3.19. The molecule has 1 aromatic carbocycles. The van der Waals surface area contributed by atoms with Crippen LogP contribution in [0, 0.1) is 6.92 Å². The zero-order chi connectivity index (χ0) is 17.9. The van der Waals surface area contributed by atoms with Gasteiger partial charge < -0.3 is 15.0 Å². The molecule has 0 saturated heterocycles. The number of benzene rings is 1. The van der Waals surface area contributed by atoms with E-state index in [1.165, 1.54) is 11.1 Å². The Kier molecular flexibility index (Phi) is 4.56. The molecule has 3 aromatic rings. The maximum atomic E-state index is 6.10. The number of anilines is 1. The summed E-state index contributed by atoms with van der Waals surface area (Å²) in [6.07, 6.45) is 8.53. The lowest BCUT2D eigenvalue weighted by Gasteiger charge is -2.09. The molecule has 4 heterocycles. The van der Waals surface area contributed by atoms with Crippen molar-refractivity contribution >= 4 is 17.0 Å². The highest BCUT2D eigenvalue weighted by atomic mass is 16.5. The number of aryl methyl sites for hydroxylation is 1. The second-order valence-electron chi connectivity index (χ2n) is 6.65. The first-order chi connectivity index (χ1) is 12.7. The van der Waals surface area contributed by atoms with Crippen LogP contribution in [-0.4, -0.2) is 26.1 Å². The zero-order valence-corrected chi connectivity index (χ0v) is 15.0. The van der Waals surface area contributed by atoms with Crippen LogP contribution in [0.5, 0.6) is 6.01 Å². The van der Waals surface area contributed by atoms with Crippen molar-refractivity contribution in [3.8, 4) is 6.01 Å². The first-order valence-electron chi connectivity index (χ1n) is 9.06. The van der Waals surface area contributed by atoms with Gasteiger partial charge in [-0.2, -0.15) is 9.97 Å². The molecule has 134 valence electrons. The van der Waals surface area contributed by atoms with E-state index in [0.29, 0.717) is 30.5 Å². The second kappa shape index (κ2) is 7.15. The van der Waals surface area contributed by atoms with Gasteiger partial charge >= 0.3 is 6.01 Å². The van der Waals surface area contributed by atoms with Gasteiger partial charge in [-0.25, -0.2) is 4.98 Å². The minimum atomic E-state index is 0.325. The zero-order valence-electron chi connectivity index (χ0n) is 15.0. The number of fused-ring (bicyclic) bond motifs is 8. The van der Waals surface area contributed by atoms with Gasteiger partial charge in [0.25, 0.3) is 0 Å². The van der Waals surface area contributed by atoms with Crippen molar-refractivity contribution in [1.82, 2.24) is 19.5 Å². The average Bonchev–Trinajstić information content (AvgIpc) is 2.95. The molecular formula is C20H23N5O. The Morgan fingerprint density at radius 3 is 2.65 bits per heavy atom. The molecule has 0 spiro atoms. The minimum absolute atomic E-state index is 0.325. The van der Waals surface area contributed by atoms with Crippen LogP contribution in [0.3, 0.4) is 0 Å². The third-order valence-electron chi connectivity index (χ3n) is 4.67. The predicted octanol–water partition coefficient (Wildman–Crippen LogP) is 3.43. The van der Waals surface area contributed by atoms with Crippen LogP contribution in [0.1, 0.15) is 36.2 Å². The van der Waals surface area contributed by atoms with Gasteiger partial charge in [0.15, 0.2) is 17.0 Å². The molecule has 2 N–H and O–H groups in total. The molecule has 2 aromatic heterocycles. The summed E-state index contributed by atoms with van der Waals surface area (Å²) in [5, 5.41) is 0. The first-order valence-corrected chi connectivity index (χ1v) is 9.06. The molecule has 5 rings (SSSR count). The topological polar surface area (TPSA) is 78.9 Å². The van der Waals surface area contributed by atoms with Gasteiger partial charge in [0, 0.05) is 0 Å². The molecule has 26 heavy (non-hydrogen) atoms. The maximum Gasteiger partial charge on any atom is 0.320 e. The van der Waals surface area contributed by atoms with Crippen LogP contribution in [0.2, 0.25) is 0 Å². The smallest absolute Gasteiger partial charge is 0.320 e. The molecule has 0 saturated carbocycles. The Hall–Kier alpha value is -2.89. The Morgan fingerprint density at radius 1 is 1.00 bits per heavy atom. The highest BCUT2D eigenvalue weighted by molar-refractivity contribution is 5.82. The maximum absolute atomic E-state index is 6.10. The van der Waals surface area contributed by atoms with E-state index in [9.17, 15) is 0 Å². The lowest BCUT2D eigenvalue weighted by Crippen LogP contribution is -2.07. The highest BCUT2D eigenvalue weighted by Gasteiger charge is 2.15. The number of aromatic nitrogens is 4. The van der Waals surface area contributed by atoms with Crippen LogP contribution in [0.25, 0.3) is 11.2 Å². The lowest BCUT2D eigenvalue weighted by atomic mass is 10.1. The Balaban J connectivity index is 1.76. The number of nitrogens with zero attached hydrogens (tertiary/aromatic N) is 4. The molecule has 0 amide bonds. The molecule has 4 bridgehead atoms. The summed E-state index contributed by atoms with van der Waals surface area (Å²) in [6, 6.07) is 9.02. The summed E-state index contributed by atoms with van der Waals surface area (Å²) in [5.41, 5.74) is 9.97. The Bertz CT molecular complexity index is 943. The summed E-state index contributed by atoms with van der Waals surface area (Å²) in [7, 11) is 0. The monoisotopic (exact) mass is 349 g/mol. The summed E-state index contributed by atoms with van der Waals surface area (Å²) in [4.78, 5) is 13.4. The van der Waals surface area contributed by atoms with Crippen LogP contribution >= 0.6 is 0 Å².